The minimum atomic E-state index is -2.62. The van der Waals surface area contributed by atoms with Gasteiger partial charge in [0.05, 0.1) is 33.0 Å². The first-order valence-electron chi connectivity index (χ1n) is 16.5. The Kier molecular flexibility index (Phi) is 12.7. The molecule has 1 saturated heterocycles. The predicted octanol–water partition coefficient (Wildman–Crippen LogP) is 5.75. The molecule has 6 atom stereocenters. The zero-order chi connectivity index (χ0) is 34.7. The van der Waals surface area contributed by atoms with Gasteiger partial charge in [0.2, 0.25) is 11.9 Å². The van der Waals surface area contributed by atoms with Crippen molar-refractivity contribution in [2.75, 3.05) is 6.61 Å². The van der Waals surface area contributed by atoms with E-state index in [2.05, 4.69) is 0 Å². The molecule has 4 aromatic rings. The number of benzene rings is 4. The minimum absolute atomic E-state index is 0.0178. The molecule has 1 fully saturated rings. The normalized spacial score (nSPS) is 23.1. The van der Waals surface area contributed by atoms with Crippen LogP contribution in [0.5, 0.6) is 0 Å². The van der Waals surface area contributed by atoms with Gasteiger partial charge >= 0.3 is 5.97 Å². The average Bonchev–Trinajstić information content (AvgIpc) is 3.10. The standard InChI is InChI=1S/C40H46O9/c1-39(2,3)49-38(42)36(41)40(43)37(47-27-32-22-14-7-15-23-32)35(46-26-31-20-12-6-13-21-31)34(45-25-30-18-10-5-11-19-30)33(48-40)28-44-24-29-16-8-4-9-17-29/h4-23,33-37,41,43H,24-28H2,1-3H3/t33-,34-,35+,36+,37+,40+/m1/s1. The Morgan fingerprint density at radius 1 is 0.673 bits per heavy atom. The van der Waals surface area contributed by atoms with Gasteiger partial charge in [-0.05, 0) is 43.0 Å². The number of hydrogen-bond donors (Lipinski definition) is 2. The minimum Gasteiger partial charge on any atom is -0.458 e. The molecule has 49 heavy (non-hydrogen) atoms. The average molecular weight is 671 g/mol. The van der Waals surface area contributed by atoms with Crippen molar-refractivity contribution in [3.63, 3.8) is 0 Å². The molecule has 1 heterocycles. The van der Waals surface area contributed by atoms with Crippen LogP contribution in [0.1, 0.15) is 43.0 Å². The van der Waals surface area contributed by atoms with Crippen LogP contribution in [0.4, 0.5) is 0 Å². The first-order valence-corrected chi connectivity index (χ1v) is 16.5. The van der Waals surface area contributed by atoms with Crippen LogP contribution in [-0.2, 0) is 59.6 Å². The second kappa shape index (κ2) is 17.1. The molecule has 9 heteroatoms. The van der Waals surface area contributed by atoms with Gasteiger partial charge in [-0.1, -0.05) is 121 Å². The van der Waals surface area contributed by atoms with E-state index in [1.54, 1.807) is 20.8 Å². The largest absolute Gasteiger partial charge is 0.458 e. The van der Waals surface area contributed by atoms with Crippen molar-refractivity contribution in [2.24, 2.45) is 0 Å². The summed E-state index contributed by atoms with van der Waals surface area (Å²) in [7, 11) is 0. The lowest BCUT2D eigenvalue weighted by atomic mass is 9.88. The van der Waals surface area contributed by atoms with E-state index in [1.807, 2.05) is 121 Å². The van der Waals surface area contributed by atoms with Crippen LogP contribution in [0.2, 0.25) is 0 Å². The van der Waals surface area contributed by atoms with Crippen molar-refractivity contribution in [2.45, 2.75) is 89.1 Å². The summed E-state index contributed by atoms with van der Waals surface area (Å²) in [4.78, 5) is 13.4. The first-order chi connectivity index (χ1) is 23.6. The maximum Gasteiger partial charge on any atom is 0.341 e. The van der Waals surface area contributed by atoms with Gasteiger partial charge in [-0.3, -0.25) is 0 Å². The molecule has 5 rings (SSSR count). The molecule has 4 aromatic carbocycles. The lowest BCUT2D eigenvalue weighted by Gasteiger charge is -2.51. The summed E-state index contributed by atoms with van der Waals surface area (Å²) in [6.45, 7) is 5.54. The topological polar surface area (TPSA) is 113 Å². The Morgan fingerprint density at radius 3 is 1.53 bits per heavy atom. The van der Waals surface area contributed by atoms with Gasteiger partial charge in [0.15, 0.2) is 0 Å². The molecule has 0 spiro atoms. The predicted molar refractivity (Wildman–Crippen MR) is 183 cm³/mol. The Balaban J connectivity index is 1.53. The SMILES string of the molecule is CC(C)(C)OC(=O)[C@H](O)[C@]1(O)O[C@H](COCc2ccccc2)[C@@H](OCc2ccccc2)[C@H](OCc2ccccc2)[C@@H]1OCc1ccccc1. The number of hydrogen-bond acceptors (Lipinski definition) is 9. The molecule has 9 nitrogen and oxygen atoms in total. The van der Waals surface area contributed by atoms with Crippen LogP contribution in [0.3, 0.4) is 0 Å². The molecule has 2 N–H and O–H groups in total. The third-order valence-electron chi connectivity index (χ3n) is 7.99. The van der Waals surface area contributed by atoms with Crippen LogP contribution >= 0.6 is 0 Å². The number of ether oxygens (including phenoxy) is 6. The molecule has 0 amide bonds. The summed E-state index contributed by atoms with van der Waals surface area (Å²) in [6, 6.07) is 38.2. The van der Waals surface area contributed by atoms with Crippen LogP contribution in [-0.4, -0.2) is 64.7 Å². The van der Waals surface area contributed by atoms with Gasteiger partial charge in [0.1, 0.15) is 30.0 Å². The monoisotopic (exact) mass is 670 g/mol. The van der Waals surface area contributed by atoms with E-state index < -0.39 is 47.9 Å². The molecule has 260 valence electrons. The molecule has 0 radical (unpaired) electrons. The molecule has 1 aliphatic heterocycles. The number of rotatable bonds is 15. The van der Waals surface area contributed by atoms with E-state index >= 15 is 0 Å². The van der Waals surface area contributed by atoms with Crippen molar-refractivity contribution >= 4 is 5.97 Å². The molecule has 0 saturated carbocycles. The summed E-state index contributed by atoms with van der Waals surface area (Å²) < 4.78 is 37.5. The smallest absolute Gasteiger partial charge is 0.341 e. The fourth-order valence-electron chi connectivity index (χ4n) is 5.63. The highest BCUT2D eigenvalue weighted by atomic mass is 16.7. The fraction of sp³-hybridized carbons (Fsp3) is 0.375. The number of carbonyl (C=O) groups excluding carboxylic acids is 1. The zero-order valence-corrected chi connectivity index (χ0v) is 28.2. The molecule has 0 unspecified atom stereocenters. The summed E-state index contributed by atoms with van der Waals surface area (Å²) in [5.74, 6) is -3.69. The van der Waals surface area contributed by atoms with E-state index in [0.29, 0.717) is 0 Å². The van der Waals surface area contributed by atoms with Crippen LogP contribution in [0, 0.1) is 0 Å². The van der Waals surface area contributed by atoms with Crippen molar-refractivity contribution < 1.29 is 43.4 Å². The lowest BCUT2D eigenvalue weighted by molar-refractivity contribution is -0.390. The van der Waals surface area contributed by atoms with Crippen LogP contribution in [0.15, 0.2) is 121 Å². The quantitative estimate of drug-likeness (QED) is 0.153. The zero-order valence-electron chi connectivity index (χ0n) is 28.2. The summed E-state index contributed by atoms with van der Waals surface area (Å²) >= 11 is 0. The second-order valence-corrected chi connectivity index (χ2v) is 13.1. The van der Waals surface area contributed by atoms with Gasteiger partial charge in [-0.2, -0.15) is 0 Å². The Labute approximate surface area is 288 Å². The molecular weight excluding hydrogens is 624 g/mol. The highest BCUT2D eigenvalue weighted by molar-refractivity contribution is 5.76. The van der Waals surface area contributed by atoms with E-state index in [4.69, 9.17) is 28.4 Å². The van der Waals surface area contributed by atoms with Gasteiger partial charge in [-0.15, -0.1) is 0 Å². The number of carbonyl (C=O) groups is 1. The fourth-order valence-corrected chi connectivity index (χ4v) is 5.63. The van der Waals surface area contributed by atoms with Crippen molar-refractivity contribution in [1.82, 2.24) is 0 Å². The van der Waals surface area contributed by atoms with Gasteiger partial charge in [-0.25, -0.2) is 4.79 Å². The Morgan fingerprint density at radius 2 is 1.08 bits per heavy atom. The Hall–Kier alpha value is -3.93. The van der Waals surface area contributed by atoms with Gasteiger partial charge < -0.3 is 38.6 Å². The van der Waals surface area contributed by atoms with Crippen molar-refractivity contribution in [1.29, 1.82) is 0 Å². The third-order valence-corrected chi connectivity index (χ3v) is 7.99. The maximum absolute atomic E-state index is 13.4. The van der Waals surface area contributed by atoms with E-state index in [-0.39, 0.29) is 33.0 Å². The second-order valence-electron chi connectivity index (χ2n) is 13.1. The Bertz CT molecular complexity index is 1550. The molecule has 0 bridgehead atoms. The van der Waals surface area contributed by atoms with E-state index in [0.717, 1.165) is 22.3 Å². The summed E-state index contributed by atoms with van der Waals surface area (Å²) in [6.07, 6.45) is -6.50. The van der Waals surface area contributed by atoms with Crippen molar-refractivity contribution in [3.05, 3.63) is 144 Å². The first kappa shape index (κ1) is 36.4. The molecule has 0 aliphatic carbocycles. The maximum atomic E-state index is 13.4. The molecular formula is C40H46O9. The van der Waals surface area contributed by atoms with Crippen LogP contribution in [0.25, 0.3) is 0 Å². The molecule has 0 aromatic heterocycles. The van der Waals surface area contributed by atoms with Crippen LogP contribution < -0.4 is 0 Å². The number of aliphatic hydroxyl groups is 2. The van der Waals surface area contributed by atoms with Crippen molar-refractivity contribution in [3.8, 4) is 0 Å². The third kappa shape index (κ3) is 10.3. The lowest BCUT2D eigenvalue weighted by Crippen LogP contribution is -2.72. The summed E-state index contributed by atoms with van der Waals surface area (Å²) in [5, 5.41) is 24.0. The summed E-state index contributed by atoms with van der Waals surface area (Å²) in [5.41, 5.74) is 2.56. The molecule has 1 aliphatic rings. The number of aliphatic hydroxyl groups excluding tert-OH is 1. The van der Waals surface area contributed by atoms with E-state index in [9.17, 15) is 15.0 Å². The highest BCUT2D eigenvalue weighted by Gasteiger charge is 2.62. The van der Waals surface area contributed by atoms with Gasteiger partial charge in [0, 0.05) is 0 Å². The highest BCUT2D eigenvalue weighted by Crippen LogP contribution is 2.38. The van der Waals surface area contributed by atoms with E-state index in [1.165, 1.54) is 0 Å². The number of esters is 1. The van der Waals surface area contributed by atoms with Gasteiger partial charge in [0.25, 0.3) is 0 Å².